The van der Waals surface area contributed by atoms with Crippen LogP contribution in [0, 0.1) is 0 Å². The van der Waals surface area contributed by atoms with Crippen molar-refractivity contribution in [3.8, 4) is 27.8 Å². The molecule has 0 fully saturated rings. The number of nitrogens with zero attached hydrogens (tertiary/aromatic N) is 4. The van der Waals surface area contributed by atoms with Gasteiger partial charge in [0, 0.05) is 35.7 Å². The molecule has 0 amide bonds. The van der Waals surface area contributed by atoms with Crippen LogP contribution in [-0.2, 0) is 13.0 Å². The van der Waals surface area contributed by atoms with Gasteiger partial charge in [0.25, 0.3) is 0 Å². The Kier molecular flexibility index (Phi) is 4.06. The van der Waals surface area contributed by atoms with Gasteiger partial charge in [0.1, 0.15) is 18.6 Å². The van der Waals surface area contributed by atoms with E-state index in [2.05, 4.69) is 20.4 Å². The molecule has 0 saturated carbocycles. The zero-order valence-corrected chi connectivity index (χ0v) is 14.5. The van der Waals surface area contributed by atoms with Gasteiger partial charge in [-0.05, 0) is 12.1 Å². The maximum Gasteiger partial charge on any atom is 0.408 e. The summed E-state index contributed by atoms with van der Waals surface area (Å²) in [7, 11) is 1.82. The number of fused-ring (bicyclic) bond motifs is 3. The lowest BCUT2D eigenvalue weighted by Crippen LogP contribution is -2.19. The van der Waals surface area contributed by atoms with Crippen LogP contribution in [0.4, 0.5) is 18.9 Å². The zero-order valence-electron chi connectivity index (χ0n) is 13.7. The lowest BCUT2D eigenvalue weighted by Gasteiger charge is -2.09. The fourth-order valence-corrected chi connectivity index (χ4v) is 3.85. The first-order chi connectivity index (χ1) is 12.4. The van der Waals surface area contributed by atoms with Gasteiger partial charge in [-0.15, -0.1) is 11.3 Å². The Labute approximate surface area is 150 Å². The smallest absolute Gasteiger partial charge is 0.408 e. The molecule has 1 aliphatic rings. The van der Waals surface area contributed by atoms with E-state index in [-0.39, 0.29) is 5.82 Å². The Morgan fingerprint density at radius 3 is 2.96 bits per heavy atom. The minimum Gasteiger partial charge on any atom is -0.492 e. The molecule has 1 aliphatic heterocycles. The van der Waals surface area contributed by atoms with E-state index in [1.807, 2.05) is 25.2 Å². The third kappa shape index (κ3) is 3.12. The summed E-state index contributed by atoms with van der Waals surface area (Å²) in [4.78, 5) is 9.50. The molecule has 4 rings (SSSR count). The Hall–Kier alpha value is -2.62. The van der Waals surface area contributed by atoms with Crippen LogP contribution in [-0.4, -0.2) is 39.6 Å². The van der Waals surface area contributed by atoms with Gasteiger partial charge in [-0.3, -0.25) is 0 Å². The number of rotatable bonds is 3. The van der Waals surface area contributed by atoms with Crippen molar-refractivity contribution in [2.45, 2.75) is 19.1 Å². The number of alkyl halides is 3. The second-order valence-electron chi connectivity index (χ2n) is 5.71. The zero-order chi connectivity index (χ0) is 18.3. The number of nitrogens with one attached hydrogen (secondary N) is 1. The summed E-state index contributed by atoms with van der Waals surface area (Å²) in [5.41, 5.74) is 2.45. The van der Waals surface area contributed by atoms with Crippen molar-refractivity contribution < 1.29 is 17.9 Å². The molecular weight excluding hydrogens is 367 g/mol. The summed E-state index contributed by atoms with van der Waals surface area (Å²) in [5.74, 6) is 0.818. The molecule has 0 radical (unpaired) electrons. The van der Waals surface area contributed by atoms with Crippen LogP contribution in [0.3, 0.4) is 0 Å². The molecule has 3 aromatic rings. The summed E-state index contributed by atoms with van der Waals surface area (Å²) in [6, 6.07) is 5.69. The first-order valence-corrected chi connectivity index (χ1v) is 8.66. The van der Waals surface area contributed by atoms with Crippen LogP contribution < -0.4 is 10.1 Å². The van der Waals surface area contributed by atoms with Gasteiger partial charge in [0.05, 0.1) is 12.3 Å². The van der Waals surface area contributed by atoms with E-state index in [1.165, 1.54) is 11.3 Å². The number of anilines is 1. The van der Waals surface area contributed by atoms with Crippen LogP contribution in [0.15, 0.2) is 24.5 Å². The van der Waals surface area contributed by atoms with E-state index >= 15 is 0 Å². The van der Waals surface area contributed by atoms with Crippen molar-refractivity contribution in [2.75, 3.05) is 19.0 Å². The maximum absolute atomic E-state index is 12.7. The van der Waals surface area contributed by atoms with Crippen LogP contribution in [0.25, 0.3) is 22.1 Å². The lowest BCUT2D eigenvalue weighted by molar-refractivity contribution is -0.142. The highest BCUT2D eigenvalue weighted by molar-refractivity contribution is 7.15. The SMILES string of the molecule is CNc1ccc2c(c1)OCCc1sc(-c3ncnn3CC(F)(F)F)nc1-2. The summed E-state index contributed by atoms with van der Waals surface area (Å²) in [5, 5.41) is 7.16. The van der Waals surface area contributed by atoms with Crippen molar-refractivity contribution in [2.24, 2.45) is 0 Å². The second-order valence-corrected chi connectivity index (χ2v) is 6.79. The van der Waals surface area contributed by atoms with Crippen molar-refractivity contribution in [3.63, 3.8) is 0 Å². The highest BCUT2D eigenvalue weighted by Gasteiger charge is 2.31. The van der Waals surface area contributed by atoms with Crippen LogP contribution in [0.2, 0.25) is 0 Å². The molecule has 0 spiro atoms. The largest absolute Gasteiger partial charge is 0.492 e. The summed E-state index contributed by atoms with van der Waals surface area (Å²) in [6.45, 7) is -0.720. The van der Waals surface area contributed by atoms with Crippen LogP contribution >= 0.6 is 11.3 Å². The first kappa shape index (κ1) is 16.8. The number of hydrogen-bond acceptors (Lipinski definition) is 6. The minimum absolute atomic E-state index is 0.120. The quantitative estimate of drug-likeness (QED) is 0.751. The molecule has 10 heteroatoms. The Bertz CT molecular complexity index is 950. The van der Waals surface area contributed by atoms with E-state index in [9.17, 15) is 13.2 Å². The monoisotopic (exact) mass is 381 g/mol. The topological polar surface area (TPSA) is 64.9 Å². The van der Waals surface area contributed by atoms with Gasteiger partial charge in [-0.2, -0.15) is 18.3 Å². The molecule has 3 heterocycles. The summed E-state index contributed by atoms with van der Waals surface area (Å²) < 4.78 is 44.8. The average molecular weight is 381 g/mol. The molecule has 136 valence electrons. The van der Waals surface area contributed by atoms with Crippen LogP contribution in [0.1, 0.15) is 4.88 Å². The van der Waals surface area contributed by atoms with E-state index < -0.39 is 12.7 Å². The molecule has 26 heavy (non-hydrogen) atoms. The highest BCUT2D eigenvalue weighted by atomic mass is 32.1. The molecule has 0 atom stereocenters. The highest BCUT2D eigenvalue weighted by Crippen LogP contribution is 2.41. The molecule has 0 bridgehead atoms. The van der Waals surface area contributed by atoms with E-state index in [4.69, 9.17) is 4.74 Å². The Morgan fingerprint density at radius 2 is 2.19 bits per heavy atom. The molecule has 6 nitrogen and oxygen atoms in total. The molecule has 2 aromatic heterocycles. The third-order valence-corrected chi connectivity index (χ3v) is 5.06. The number of aromatic nitrogens is 4. The standard InChI is InChI=1S/C16H14F3N5OS/c1-20-9-2-3-10-11(6-9)25-5-4-12-13(10)23-15(26-12)14-21-8-22-24(14)7-16(17,18)19/h2-3,6,8,20H,4-5,7H2,1H3. The van der Waals surface area contributed by atoms with Gasteiger partial charge >= 0.3 is 6.18 Å². The van der Waals surface area contributed by atoms with Gasteiger partial charge in [-0.25, -0.2) is 14.6 Å². The maximum atomic E-state index is 12.7. The third-order valence-electron chi connectivity index (χ3n) is 3.95. The molecule has 1 aromatic carbocycles. The van der Waals surface area contributed by atoms with Crippen molar-refractivity contribution in [3.05, 3.63) is 29.4 Å². The van der Waals surface area contributed by atoms with Gasteiger partial charge in [0.15, 0.2) is 10.8 Å². The number of ether oxygens (including phenoxy) is 1. The Balaban J connectivity index is 1.77. The lowest BCUT2D eigenvalue weighted by atomic mass is 10.1. The number of benzene rings is 1. The van der Waals surface area contributed by atoms with Gasteiger partial charge < -0.3 is 10.1 Å². The number of halogens is 3. The van der Waals surface area contributed by atoms with Crippen molar-refractivity contribution in [1.29, 1.82) is 0 Å². The van der Waals surface area contributed by atoms with Crippen molar-refractivity contribution in [1.82, 2.24) is 19.7 Å². The Morgan fingerprint density at radius 1 is 1.35 bits per heavy atom. The molecule has 0 aliphatic carbocycles. The molecular formula is C16H14F3N5OS. The first-order valence-electron chi connectivity index (χ1n) is 7.84. The average Bonchev–Trinajstić information content (AvgIpc) is 3.16. The van der Waals surface area contributed by atoms with Crippen LogP contribution in [0.5, 0.6) is 5.75 Å². The van der Waals surface area contributed by atoms with E-state index in [0.717, 1.165) is 32.8 Å². The normalized spacial score (nSPS) is 13.5. The minimum atomic E-state index is -4.37. The number of thiazole rings is 1. The fraction of sp³-hybridized carbons (Fsp3) is 0.312. The predicted octanol–water partition coefficient (Wildman–Crippen LogP) is 3.61. The molecule has 1 N–H and O–H groups in total. The summed E-state index contributed by atoms with van der Waals surface area (Å²) in [6.07, 6.45) is -2.63. The van der Waals surface area contributed by atoms with Gasteiger partial charge in [-0.1, -0.05) is 0 Å². The van der Waals surface area contributed by atoms with Gasteiger partial charge in [0.2, 0.25) is 0 Å². The number of hydrogen-bond donors (Lipinski definition) is 1. The summed E-state index contributed by atoms with van der Waals surface area (Å²) >= 11 is 1.32. The predicted molar refractivity (Wildman–Crippen MR) is 91.4 cm³/mol. The second kappa shape index (κ2) is 6.27. The molecule has 0 saturated heterocycles. The fourth-order valence-electron chi connectivity index (χ4n) is 2.79. The van der Waals surface area contributed by atoms with Crippen molar-refractivity contribution >= 4 is 17.0 Å². The van der Waals surface area contributed by atoms with E-state index in [0.29, 0.717) is 23.8 Å². The van der Waals surface area contributed by atoms with E-state index in [1.54, 1.807) is 0 Å². The molecule has 0 unspecified atom stereocenters.